The maximum absolute atomic E-state index is 12.9. The first-order valence-corrected chi connectivity index (χ1v) is 9.13. The number of rotatable bonds is 4. The van der Waals surface area contributed by atoms with Crippen LogP contribution >= 0.6 is 0 Å². The number of nitrogens with zero attached hydrogens (tertiary/aromatic N) is 3. The number of likely N-dealkylation sites (tertiary alicyclic amines) is 1. The highest BCUT2D eigenvalue weighted by atomic mass is 16.4. The number of carboxylic acids is 1. The number of carbonyl (C=O) groups excluding carboxylic acids is 1. The number of carboxylic acid groups (broad SMARTS) is 1. The Bertz CT molecular complexity index is 658. The zero-order valence-corrected chi connectivity index (χ0v) is 15.2. The van der Waals surface area contributed by atoms with Crippen LogP contribution in [-0.2, 0) is 16.1 Å². The van der Waals surface area contributed by atoms with Gasteiger partial charge in [0.05, 0.1) is 11.8 Å². The minimum atomic E-state index is -0.846. The molecule has 2 atom stereocenters. The quantitative estimate of drug-likeness (QED) is 0.821. The summed E-state index contributed by atoms with van der Waals surface area (Å²) in [5, 5.41) is 19.1. The summed E-state index contributed by atoms with van der Waals surface area (Å²) in [4.78, 5) is 30.6. The predicted octanol–water partition coefficient (Wildman–Crippen LogP) is 0.689. The molecule has 0 spiro atoms. The molecule has 2 heterocycles. The monoisotopic (exact) mass is 361 g/mol. The van der Waals surface area contributed by atoms with Crippen molar-refractivity contribution in [2.45, 2.75) is 13.0 Å². The van der Waals surface area contributed by atoms with E-state index in [-0.39, 0.29) is 17.6 Å². The van der Waals surface area contributed by atoms with Gasteiger partial charge in [0.1, 0.15) is 5.75 Å². The lowest BCUT2D eigenvalue weighted by Crippen LogP contribution is -2.53. The second-order valence-electron chi connectivity index (χ2n) is 7.46. The molecule has 2 aliphatic rings. The van der Waals surface area contributed by atoms with Gasteiger partial charge in [0.25, 0.3) is 0 Å². The first kappa shape index (κ1) is 18.7. The van der Waals surface area contributed by atoms with Gasteiger partial charge in [0.2, 0.25) is 5.91 Å². The number of carbonyl (C=O) groups is 2. The van der Waals surface area contributed by atoms with E-state index in [1.165, 1.54) is 0 Å². The number of phenolic OH excluding ortho intramolecular Hbond substituents is 1. The van der Waals surface area contributed by atoms with Gasteiger partial charge in [-0.1, -0.05) is 12.1 Å². The largest absolute Gasteiger partial charge is 0.508 e. The van der Waals surface area contributed by atoms with Crippen LogP contribution < -0.4 is 0 Å². The molecule has 0 saturated carbocycles. The molecule has 1 aromatic carbocycles. The Morgan fingerprint density at radius 2 is 1.81 bits per heavy atom. The minimum Gasteiger partial charge on any atom is -0.508 e. The lowest BCUT2D eigenvalue weighted by molar-refractivity contribution is -0.148. The summed E-state index contributed by atoms with van der Waals surface area (Å²) in [7, 11) is 2.04. The summed E-state index contributed by atoms with van der Waals surface area (Å²) in [6, 6.07) is 6.97. The van der Waals surface area contributed by atoms with Crippen LogP contribution in [-0.4, -0.2) is 83.1 Å². The highest BCUT2D eigenvalue weighted by Crippen LogP contribution is 2.26. The van der Waals surface area contributed by atoms with E-state index < -0.39 is 11.9 Å². The smallest absolute Gasteiger partial charge is 0.307 e. The molecule has 0 aliphatic carbocycles. The number of likely N-dealkylation sites (N-methyl/N-ethyl adjacent to an activating group) is 1. The number of aliphatic carboxylic acids is 1. The second kappa shape index (κ2) is 8.05. The molecule has 26 heavy (non-hydrogen) atoms. The summed E-state index contributed by atoms with van der Waals surface area (Å²) in [5.74, 6) is -1.40. The fourth-order valence-corrected chi connectivity index (χ4v) is 3.88. The summed E-state index contributed by atoms with van der Waals surface area (Å²) in [6.45, 7) is 4.64. The molecule has 2 saturated heterocycles. The molecule has 0 aromatic heterocycles. The van der Waals surface area contributed by atoms with Crippen LogP contribution in [0.5, 0.6) is 5.75 Å². The van der Waals surface area contributed by atoms with Crippen molar-refractivity contribution < 1.29 is 19.8 Å². The fraction of sp³-hybridized carbons (Fsp3) is 0.579. The third kappa shape index (κ3) is 4.53. The Morgan fingerprint density at radius 1 is 1.12 bits per heavy atom. The van der Waals surface area contributed by atoms with Crippen LogP contribution in [0.3, 0.4) is 0 Å². The van der Waals surface area contributed by atoms with Crippen molar-refractivity contribution in [3.05, 3.63) is 29.8 Å². The fourth-order valence-electron chi connectivity index (χ4n) is 3.88. The number of phenols is 1. The van der Waals surface area contributed by atoms with Crippen LogP contribution in [0.1, 0.15) is 12.0 Å². The van der Waals surface area contributed by atoms with E-state index in [2.05, 4.69) is 4.90 Å². The molecule has 7 heteroatoms. The van der Waals surface area contributed by atoms with E-state index in [0.717, 1.165) is 18.7 Å². The topological polar surface area (TPSA) is 84.3 Å². The zero-order valence-electron chi connectivity index (χ0n) is 15.2. The normalized spacial score (nSPS) is 25.2. The van der Waals surface area contributed by atoms with Gasteiger partial charge in [-0.25, -0.2) is 0 Å². The van der Waals surface area contributed by atoms with E-state index in [4.69, 9.17) is 0 Å². The first-order chi connectivity index (χ1) is 12.4. The Morgan fingerprint density at radius 3 is 2.46 bits per heavy atom. The van der Waals surface area contributed by atoms with Gasteiger partial charge >= 0.3 is 5.97 Å². The van der Waals surface area contributed by atoms with E-state index in [1.54, 1.807) is 18.2 Å². The van der Waals surface area contributed by atoms with Crippen molar-refractivity contribution in [3.63, 3.8) is 0 Å². The number of piperazine rings is 1. The maximum atomic E-state index is 12.9. The molecule has 2 fully saturated rings. The molecule has 1 aromatic rings. The molecule has 0 bridgehead atoms. The molecule has 1 amide bonds. The lowest BCUT2D eigenvalue weighted by atomic mass is 9.87. The van der Waals surface area contributed by atoms with Crippen LogP contribution in [0.25, 0.3) is 0 Å². The third-order valence-electron chi connectivity index (χ3n) is 5.36. The molecule has 142 valence electrons. The van der Waals surface area contributed by atoms with Crippen molar-refractivity contribution in [1.82, 2.24) is 14.7 Å². The van der Waals surface area contributed by atoms with Gasteiger partial charge in [0, 0.05) is 45.8 Å². The van der Waals surface area contributed by atoms with Gasteiger partial charge in [0.15, 0.2) is 0 Å². The van der Waals surface area contributed by atoms with E-state index >= 15 is 0 Å². The maximum Gasteiger partial charge on any atom is 0.307 e. The number of piperidine rings is 1. The number of aromatic hydroxyl groups is 1. The van der Waals surface area contributed by atoms with Crippen LogP contribution in [0.15, 0.2) is 24.3 Å². The van der Waals surface area contributed by atoms with E-state index in [0.29, 0.717) is 39.1 Å². The second-order valence-corrected chi connectivity index (χ2v) is 7.46. The average molecular weight is 361 g/mol. The Balaban J connectivity index is 1.69. The van der Waals surface area contributed by atoms with E-state index in [9.17, 15) is 19.8 Å². The van der Waals surface area contributed by atoms with Gasteiger partial charge in [-0.3, -0.25) is 14.5 Å². The molecule has 2 aliphatic heterocycles. The van der Waals surface area contributed by atoms with Crippen LogP contribution in [0, 0.1) is 11.8 Å². The van der Waals surface area contributed by atoms with Gasteiger partial charge < -0.3 is 20.0 Å². The number of benzene rings is 1. The number of amides is 1. The Kier molecular flexibility index (Phi) is 5.78. The van der Waals surface area contributed by atoms with Crippen molar-refractivity contribution in [1.29, 1.82) is 0 Å². The molecule has 2 N–H and O–H groups in total. The summed E-state index contributed by atoms with van der Waals surface area (Å²) >= 11 is 0. The molecule has 0 unspecified atom stereocenters. The molecule has 7 nitrogen and oxygen atoms in total. The summed E-state index contributed by atoms with van der Waals surface area (Å²) in [5.41, 5.74) is 0.918. The van der Waals surface area contributed by atoms with Crippen LogP contribution in [0.2, 0.25) is 0 Å². The Labute approximate surface area is 153 Å². The predicted molar refractivity (Wildman–Crippen MR) is 96.7 cm³/mol. The number of hydrogen-bond acceptors (Lipinski definition) is 5. The molecule has 3 rings (SSSR count). The summed E-state index contributed by atoms with van der Waals surface area (Å²) in [6.07, 6.45) is 0.400. The number of hydrogen-bond donors (Lipinski definition) is 2. The average Bonchev–Trinajstić information content (AvgIpc) is 2.61. The van der Waals surface area contributed by atoms with Gasteiger partial charge in [-0.15, -0.1) is 0 Å². The standard InChI is InChI=1S/C19H27N3O4/c1-20-5-7-22(8-6-20)18(24)15-10-16(19(25)26)13-21(12-15)11-14-3-2-4-17(23)9-14/h2-4,9,15-16,23H,5-8,10-13H2,1H3,(H,25,26)/t15-,16+/m1/s1. The van der Waals surface area contributed by atoms with Crippen molar-refractivity contribution in [2.75, 3.05) is 46.3 Å². The Hall–Kier alpha value is -2.12. The van der Waals surface area contributed by atoms with Gasteiger partial charge in [-0.05, 0) is 31.2 Å². The van der Waals surface area contributed by atoms with Gasteiger partial charge in [-0.2, -0.15) is 0 Å². The summed E-state index contributed by atoms with van der Waals surface area (Å²) < 4.78 is 0. The van der Waals surface area contributed by atoms with Crippen molar-refractivity contribution >= 4 is 11.9 Å². The van der Waals surface area contributed by atoms with Crippen LogP contribution in [0.4, 0.5) is 0 Å². The molecular formula is C19H27N3O4. The first-order valence-electron chi connectivity index (χ1n) is 9.13. The zero-order chi connectivity index (χ0) is 18.7. The molecular weight excluding hydrogens is 334 g/mol. The van der Waals surface area contributed by atoms with Crippen molar-refractivity contribution in [2.24, 2.45) is 11.8 Å². The lowest BCUT2D eigenvalue weighted by Gasteiger charge is -2.39. The SMILES string of the molecule is CN1CCN(C(=O)[C@@H]2C[C@H](C(=O)O)CN(Cc3cccc(O)c3)C2)CC1. The highest BCUT2D eigenvalue weighted by molar-refractivity contribution is 5.80. The van der Waals surface area contributed by atoms with E-state index in [1.807, 2.05) is 22.9 Å². The highest BCUT2D eigenvalue weighted by Gasteiger charge is 2.37. The molecule has 0 radical (unpaired) electrons. The minimum absolute atomic E-state index is 0.0740. The van der Waals surface area contributed by atoms with Crippen molar-refractivity contribution in [3.8, 4) is 5.75 Å². The third-order valence-corrected chi connectivity index (χ3v) is 5.36.